The minimum absolute atomic E-state index is 0.0833. The molecule has 18 heavy (non-hydrogen) atoms. The zero-order valence-electron chi connectivity index (χ0n) is 11.5. The first-order chi connectivity index (χ1) is 8.67. The van der Waals surface area contributed by atoms with Gasteiger partial charge in [0.25, 0.3) is 0 Å². The van der Waals surface area contributed by atoms with Gasteiger partial charge in [-0.2, -0.15) is 0 Å². The Labute approximate surface area is 116 Å². The highest BCUT2D eigenvalue weighted by Gasteiger charge is 2.09. The van der Waals surface area contributed by atoms with Gasteiger partial charge in [-0.15, -0.1) is 0 Å². The molecule has 0 heterocycles. The van der Waals surface area contributed by atoms with Crippen LogP contribution in [0.25, 0.3) is 0 Å². The van der Waals surface area contributed by atoms with Gasteiger partial charge in [0, 0.05) is 11.1 Å². The standard InChI is InChI=1S/C15H25ClN2/c1-3-9-18(10-4-2)11-8-15(17)13-6-5-7-14(16)12-13/h5-7,12,15H,3-4,8-11,17H2,1-2H3. The van der Waals surface area contributed by atoms with Gasteiger partial charge in [0.15, 0.2) is 0 Å². The lowest BCUT2D eigenvalue weighted by Crippen LogP contribution is -2.29. The van der Waals surface area contributed by atoms with Crippen LogP contribution in [0, 0.1) is 0 Å². The van der Waals surface area contributed by atoms with E-state index in [1.807, 2.05) is 18.2 Å². The van der Waals surface area contributed by atoms with Crippen LogP contribution in [0.3, 0.4) is 0 Å². The van der Waals surface area contributed by atoms with Gasteiger partial charge in [-0.3, -0.25) is 0 Å². The number of nitrogens with two attached hydrogens (primary N) is 1. The number of nitrogens with zero attached hydrogens (tertiary/aromatic N) is 1. The number of rotatable bonds is 8. The van der Waals surface area contributed by atoms with Crippen LogP contribution >= 0.6 is 11.6 Å². The third-order valence-electron chi connectivity index (χ3n) is 3.11. The third-order valence-corrected chi connectivity index (χ3v) is 3.35. The van der Waals surface area contributed by atoms with E-state index in [9.17, 15) is 0 Å². The van der Waals surface area contributed by atoms with Crippen LogP contribution in [0.2, 0.25) is 5.02 Å². The van der Waals surface area contributed by atoms with Crippen LogP contribution in [0.5, 0.6) is 0 Å². The normalized spacial score (nSPS) is 12.9. The maximum Gasteiger partial charge on any atom is 0.0409 e. The molecule has 1 atom stereocenters. The maximum absolute atomic E-state index is 6.22. The number of halogens is 1. The molecule has 0 aliphatic carbocycles. The highest BCUT2D eigenvalue weighted by molar-refractivity contribution is 6.30. The summed E-state index contributed by atoms with van der Waals surface area (Å²) >= 11 is 5.99. The first-order valence-electron chi connectivity index (χ1n) is 6.90. The minimum atomic E-state index is 0.0833. The molecule has 0 saturated carbocycles. The van der Waals surface area contributed by atoms with Gasteiger partial charge in [-0.1, -0.05) is 37.6 Å². The van der Waals surface area contributed by atoms with E-state index in [0.717, 1.165) is 36.6 Å². The van der Waals surface area contributed by atoms with E-state index in [4.69, 9.17) is 17.3 Å². The molecular weight excluding hydrogens is 244 g/mol. The molecule has 0 radical (unpaired) electrons. The van der Waals surface area contributed by atoms with Crippen LogP contribution in [-0.2, 0) is 0 Å². The predicted molar refractivity (Wildman–Crippen MR) is 80.0 cm³/mol. The quantitative estimate of drug-likeness (QED) is 0.776. The molecule has 1 aromatic rings. The molecule has 0 spiro atoms. The molecule has 0 aromatic heterocycles. The maximum atomic E-state index is 6.22. The fourth-order valence-corrected chi connectivity index (χ4v) is 2.39. The van der Waals surface area contributed by atoms with Gasteiger partial charge >= 0.3 is 0 Å². The van der Waals surface area contributed by atoms with E-state index in [-0.39, 0.29) is 6.04 Å². The summed E-state index contributed by atoms with van der Waals surface area (Å²) in [4.78, 5) is 2.49. The monoisotopic (exact) mass is 268 g/mol. The molecule has 0 saturated heterocycles. The predicted octanol–water partition coefficient (Wildman–Crippen LogP) is 3.85. The van der Waals surface area contributed by atoms with Crippen LogP contribution < -0.4 is 5.73 Å². The summed E-state index contributed by atoms with van der Waals surface area (Å²) < 4.78 is 0. The van der Waals surface area contributed by atoms with Gasteiger partial charge in [-0.05, 0) is 56.6 Å². The van der Waals surface area contributed by atoms with Crippen molar-refractivity contribution in [3.05, 3.63) is 34.9 Å². The highest BCUT2D eigenvalue weighted by atomic mass is 35.5. The summed E-state index contributed by atoms with van der Waals surface area (Å²) in [5.41, 5.74) is 7.35. The van der Waals surface area contributed by atoms with Crippen molar-refractivity contribution in [1.82, 2.24) is 4.90 Å². The molecule has 1 aromatic carbocycles. The van der Waals surface area contributed by atoms with Crippen molar-refractivity contribution in [3.63, 3.8) is 0 Å². The second kappa shape index (κ2) is 8.52. The molecule has 0 amide bonds. The fraction of sp³-hybridized carbons (Fsp3) is 0.600. The van der Waals surface area contributed by atoms with E-state index in [1.54, 1.807) is 0 Å². The smallest absolute Gasteiger partial charge is 0.0409 e. The largest absolute Gasteiger partial charge is 0.324 e. The lowest BCUT2D eigenvalue weighted by molar-refractivity contribution is 0.264. The summed E-state index contributed by atoms with van der Waals surface area (Å²) in [6, 6.07) is 7.96. The van der Waals surface area contributed by atoms with Crippen LogP contribution in [0.1, 0.15) is 44.7 Å². The summed E-state index contributed by atoms with van der Waals surface area (Å²) in [6.07, 6.45) is 3.39. The molecular formula is C15H25ClN2. The van der Waals surface area contributed by atoms with Gasteiger partial charge in [0.05, 0.1) is 0 Å². The van der Waals surface area contributed by atoms with Gasteiger partial charge in [-0.25, -0.2) is 0 Å². The molecule has 1 unspecified atom stereocenters. The van der Waals surface area contributed by atoms with Crippen LogP contribution in [0.4, 0.5) is 0 Å². The third kappa shape index (κ3) is 5.38. The van der Waals surface area contributed by atoms with Crippen molar-refractivity contribution < 1.29 is 0 Å². The van der Waals surface area contributed by atoms with E-state index >= 15 is 0 Å². The summed E-state index contributed by atoms with van der Waals surface area (Å²) in [6.45, 7) is 7.83. The Hall–Kier alpha value is -0.570. The summed E-state index contributed by atoms with van der Waals surface area (Å²) in [5, 5.41) is 0.766. The fourth-order valence-electron chi connectivity index (χ4n) is 2.19. The first-order valence-corrected chi connectivity index (χ1v) is 7.28. The van der Waals surface area contributed by atoms with Crippen LogP contribution in [-0.4, -0.2) is 24.5 Å². The summed E-state index contributed by atoms with van der Waals surface area (Å²) in [5.74, 6) is 0. The molecule has 1 rings (SSSR count). The lowest BCUT2D eigenvalue weighted by Gasteiger charge is -2.23. The van der Waals surface area contributed by atoms with Crippen molar-refractivity contribution in [3.8, 4) is 0 Å². The number of hydrogen-bond donors (Lipinski definition) is 1. The molecule has 3 heteroatoms. The lowest BCUT2D eigenvalue weighted by atomic mass is 10.0. The second-order valence-electron chi connectivity index (χ2n) is 4.79. The van der Waals surface area contributed by atoms with Crippen molar-refractivity contribution in [1.29, 1.82) is 0 Å². The number of hydrogen-bond acceptors (Lipinski definition) is 2. The SMILES string of the molecule is CCCN(CCC)CCC(N)c1cccc(Cl)c1. The van der Waals surface area contributed by atoms with E-state index in [0.29, 0.717) is 0 Å². The molecule has 0 fully saturated rings. The van der Waals surface area contributed by atoms with E-state index in [1.165, 1.54) is 12.8 Å². The molecule has 2 nitrogen and oxygen atoms in total. The first kappa shape index (κ1) is 15.5. The Morgan fingerprint density at radius 3 is 2.39 bits per heavy atom. The Kier molecular flexibility index (Phi) is 7.33. The zero-order chi connectivity index (χ0) is 13.4. The average molecular weight is 269 g/mol. The number of benzene rings is 1. The van der Waals surface area contributed by atoms with Gasteiger partial charge in [0.1, 0.15) is 0 Å². The van der Waals surface area contributed by atoms with Gasteiger partial charge in [0.2, 0.25) is 0 Å². The Morgan fingerprint density at radius 2 is 1.83 bits per heavy atom. The average Bonchev–Trinajstić information content (AvgIpc) is 2.36. The van der Waals surface area contributed by atoms with E-state index in [2.05, 4.69) is 24.8 Å². The van der Waals surface area contributed by atoms with Crippen molar-refractivity contribution >= 4 is 11.6 Å². The minimum Gasteiger partial charge on any atom is -0.324 e. The molecule has 0 aliphatic rings. The topological polar surface area (TPSA) is 29.3 Å². The Bertz CT molecular complexity index is 335. The molecule has 102 valence electrons. The van der Waals surface area contributed by atoms with Crippen molar-refractivity contribution in [2.45, 2.75) is 39.2 Å². The van der Waals surface area contributed by atoms with Crippen LogP contribution in [0.15, 0.2) is 24.3 Å². The van der Waals surface area contributed by atoms with Crippen molar-refractivity contribution in [2.24, 2.45) is 5.73 Å². The zero-order valence-corrected chi connectivity index (χ0v) is 12.3. The summed E-state index contributed by atoms with van der Waals surface area (Å²) in [7, 11) is 0. The second-order valence-corrected chi connectivity index (χ2v) is 5.23. The van der Waals surface area contributed by atoms with E-state index < -0.39 is 0 Å². The Morgan fingerprint density at radius 1 is 1.17 bits per heavy atom. The molecule has 2 N–H and O–H groups in total. The van der Waals surface area contributed by atoms with Gasteiger partial charge < -0.3 is 10.6 Å². The molecule has 0 bridgehead atoms. The Balaban J connectivity index is 2.46. The molecule has 0 aliphatic heterocycles. The highest BCUT2D eigenvalue weighted by Crippen LogP contribution is 2.18. The van der Waals surface area contributed by atoms with Crippen molar-refractivity contribution in [2.75, 3.05) is 19.6 Å².